The molecule has 0 spiro atoms. The van der Waals surface area contributed by atoms with Crippen molar-refractivity contribution in [3.8, 4) is 0 Å². The van der Waals surface area contributed by atoms with E-state index in [9.17, 15) is 4.79 Å². The van der Waals surface area contributed by atoms with E-state index in [1.807, 2.05) is 0 Å². The Morgan fingerprint density at radius 3 is 3.05 bits per heavy atom. The first-order valence-electron chi connectivity index (χ1n) is 7.37. The van der Waals surface area contributed by atoms with Crippen molar-refractivity contribution in [2.45, 2.75) is 31.7 Å². The van der Waals surface area contributed by atoms with E-state index < -0.39 is 0 Å². The third-order valence-electron chi connectivity index (χ3n) is 4.19. The summed E-state index contributed by atoms with van der Waals surface area (Å²) < 4.78 is 5.22. The minimum atomic E-state index is -0.132. The molecule has 0 radical (unpaired) electrons. The van der Waals surface area contributed by atoms with E-state index in [4.69, 9.17) is 10.3 Å². The highest BCUT2D eigenvalue weighted by Gasteiger charge is 2.32. The van der Waals surface area contributed by atoms with E-state index >= 15 is 0 Å². The number of amides is 1. The van der Waals surface area contributed by atoms with Crippen LogP contribution in [0.1, 0.15) is 41.9 Å². The highest BCUT2D eigenvalue weighted by atomic mass is 16.5. The Hall–Kier alpha value is -1.40. The zero-order chi connectivity index (χ0) is 14.1. The molecule has 0 bridgehead atoms. The van der Waals surface area contributed by atoms with Crippen molar-refractivity contribution in [3.05, 3.63) is 17.5 Å². The van der Waals surface area contributed by atoms with Crippen LogP contribution in [0.4, 0.5) is 0 Å². The summed E-state index contributed by atoms with van der Waals surface area (Å²) in [5.74, 6) is 1.63. The minimum Gasteiger partial charge on any atom is -0.360 e. The molecule has 1 aliphatic carbocycles. The summed E-state index contributed by atoms with van der Waals surface area (Å²) in [6.07, 6.45) is 2.29. The maximum absolute atomic E-state index is 12.2. The van der Waals surface area contributed by atoms with Crippen LogP contribution in [0.25, 0.3) is 0 Å². The molecule has 2 fully saturated rings. The highest BCUT2D eigenvalue weighted by Crippen LogP contribution is 2.40. The molecule has 0 aromatic carbocycles. The van der Waals surface area contributed by atoms with Gasteiger partial charge in [0.05, 0.1) is 0 Å². The summed E-state index contributed by atoms with van der Waals surface area (Å²) in [7, 11) is 0. The number of aromatic nitrogens is 1. The molecule has 110 valence electrons. The number of nitrogens with zero attached hydrogens (tertiary/aromatic N) is 2. The molecule has 0 unspecified atom stereocenters. The average molecular weight is 278 g/mol. The number of nitrogens with two attached hydrogens (primary N) is 1. The predicted octanol–water partition coefficient (Wildman–Crippen LogP) is 0.561. The second-order valence-corrected chi connectivity index (χ2v) is 5.99. The molecule has 1 amide bonds. The molecule has 1 aromatic rings. The van der Waals surface area contributed by atoms with Crippen LogP contribution in [0.3, 0.4) is 0 Å². The van der Waals surface area contributed by atoms with Crippen LogP contribution in [-0.4, -0.2) is 48.2 Å². The standard InChI is InChI=1S/C14H22N4O2/c1-9-7-18(5-4-15)8-12(9)16-14(19)11-6-13(20-17-11)10-2-3-10/h6,9-10,12H,2-5,7-8,15H2,1H3,(H,16,19)/t9-,12-/m1/s1. The number of likely N-dealkylation sites (tertiary alicyclic amines) is 1. The lowest BCUT2D eigenvalue weighted by molar-refractivity contribution is 0.0922. The fraction of sp³-hybridized carbons (Fsp3) is 0.714. The summed E-state index contributed by atoms with van der Waals surface area (Å²) in [5, 5.41) is 6.94. The monoisotopic (exact) mass is 278 g/mol. The molecule has 6 heteroatoms. The lowest BCUT2D eigenvalue weighted by Gasteiger charge is -2.15. The zero-order valence-corrected chi connectivity index (χ0v) is 11.8. The Kier molecular flexibility index (Phi) is 3.76. The number of hydrogen-bond donors (Lipinski definition) is 2. The first kappa shape index (κ1) is 13.6. The highest BCUT2D eigenvalue weighted by molar-refractivity contribution is 5.92. The molecule has 2 aliphatic rings. The van der Waals surface area contributed by atoms with Crippen LogP contribution in [0.2, 0.25) is 0 Å². The van der Waals surface area contributed by atoms with Crippen molar-refractivity contribution >= 4 is 5.91 Å². The third kappa shape index (κ3) is 2.86. The second-order valence-electron chi connectivity index (χ2n) is 5.99. The largest absolute Gasteiger partial charge is 0.360 e. The van der Waals surface area contributed by atoms with Gasteiger partial charge in [-0.2, -0.15) is 0 Å². The van der Waals surface area contributed by atoms with E-state index in [1.54, 1.807) is 6.07 Å². The maximum atomic E-state index is 12.2. The van der Waals surface area contributed by atoms with Crippen molar-refractivity contribution in [2.24, 2.45) is 11.7 Å². The molecule has 3 rings (SSSR count). The van der Waals surface area contributed by atoms with E-state index in [0.717, 1.165) is 38.2 Å². The summed E-state index contributed by atoms with van der Waals surface area (Å²) in [4.78, 5) is 14.5. The summed E-state index contributed by atoms with van der Waals surface area (Å²) >= 11 is 0. The van der Waals surface area contributed by atoms with Gasteiger partial charge < -0.3 is 15.6 Å². The Morgan fingerprint density at radius 2 is 2.35 bits per heavy atom. The SMILES string of the molecule is C[C@@H]1CN(CCN)C[C@H]1NC(=O)c1cc(C2CC2)on1. The number of rotatable bonds is 5. The van der Waals surface area contributed by atoms with Gasteiger partial charge in [0, 0.05) is 44.2 Å². The van der Waals surface area contributed by atoms with Crippen LogP contribution in [-0.2, 0) is 0 Å². The van der Waals surface area contributed by atoms with Gasteiger partial charge in [0.15, 0.2) is 5.69 Å². The van der Waals surface area contributed by atoms with Gasteiger partial charge in [0.1, 0.15) is 5.76 Å². The van der Waals surface area contributed by atoms with Gasteiger partial charge >= 0.3 is 0 Å². The Labute approximate surface area is 118 Å². The lowest BCUT2D eigenvalue weighted by atomic mass is 10.1. The normalized spacial score (nSPS) is 26.9. The molecule has 1 saturated carbocycles. The van der Waals surface area contributed by atoms with Gasteiger partial charge in [-0.15, -0.1) is 0 Å². The smallest absolute Gasteiger partial charge is 0.273 e. The first-order valence-corrected chi connectivity index (χ1v) is 7.37. The quantitative estimate of drug-likeness (QED) is 0.822. The van der Waals surface area contributed by atoms with Crippen LogP contribution >= 0.6 is 0 Å². The summed E-state index contributed by atoms with van der Waals surface area (Å²) in [5.41, 5.74) is 5.98. The van der Waals surface area contributed by atoms with Crippen molar-refractivity contribution in [2.75, 3.05) is 26.2 Å². The zero-order valence-electron chi connectivity index (χ0n) is 11.8. The van der Waals surface area contributed by atoms with Crippen molar-refractivity contribution in [3.63, 3.8) is 0 Å². The van der Waals surface area contributed by atoms with Gasteiger partial charge in [0.25, 0.3) is 5.91 Å². The molecular formula is C14H22N4O2. The van der Waals surface area contributed by atoms with Crippen molar-refractivity contribution in [1.29, 1.82) is 0 Å². The van der Waals surface area contributed by atoms with Gasteiger partial charge in [-0.05, 0) is 18.8 Å². The predicted molar refractivity (Wildman–Crippen MR) is 74.4 cm³/mol. The number of nitrogens with one attached hydrogen (secondary N) is 1. The summed E-state index contributed by atoms with van der Waals surface area (Å²) in [6.45, 7) is 5.53. The van der Waals surface area contributed by atoms with Gasteiger partial charge in [-0.1, -0.05) is 12.1 Å². The second kappa shape index (κ2) is 5.54. The van der Waals surface area contributed by atoms with E-state index in [-0.39, 0.29) is 11.9 Å². The molecule has 2 heterocycles. The van der Waals surface area contributed by atoms with Crippen molar-refractivity contribution < 1.29 is 9.32 Å². The first-order chi connectivity index (χ1) is 9.67. The number of carbonyl (C=O) groups is 1. The van der Waals surface area contributed by atoms with E-state index in [1.165, 1.54) is 0 Å². The molecule has 6 nitrogen and oxygen atoms in total. The summed E-state index contributed by atoms with van der Waals surface area (Å²) in [6, 6.07) is 1.94. The van der Waals surface area contributed by atoms with Crippen LogP contribution in [0.15, 0.2) is 10.6 Å². The molecule has 1 aromatic heterocycles. The molecule has 20 heavy (non-hydrogen) atoms. The van der Waals surface area contributed by atoms with Gasteiger partial charge in [0.2, 0.25) is 0 Å². The topological polar surface area (TPSA) is 84.4 Å². The van der Waals surface area contributed by atoms with Crippen LogP contribution < -0.4 is 11.1 Å². The molecule has 2 atom stereocenters. The van der Waals surface area contributed by atoms with Crippen molar-refractivity contribution in [1.82, 2.24) is 15.4 Å². The Morgan fingerprint density at radius 1 is 1.55 bits per heavy atom. The van der Waals surface area contributed by atoms with Crippen LogP contribution in [0, 0.1) is 5.92 Å². The number of hydrogen-bond acceptors (Lipinski definition) is 5. The minimum absolute atomic E-state index is 0.132. The van der Waals surface area contributed by atoms with Crippen LogP contribution in [0.5, 0.6) is 0 Å². The fourth-order valence-electron chi connectivity index (χ4n) is 2.82. The molecule has 3 N–H and O–H groups in total. The maximum Gasteiger partial charge on any atom is 0.273 e. The fourth-order valence-corrected chi connectivity index (χ4v) is 2.82. The average Bonchev–Trinajstić information content (AvgIpc) is 3.05. The Balaban J connectivity index is 1.57. The molecular weight excluding hydrogens is 256 g/mol. The molecule has 1 aliphatic heterocycles. The van der Waals surface area contributed by atoms with E-state index in [0.29, 0.717) is 24.1 Å². The third-order valence-corrected chi connectivity index (χ3v) is 4.19. The van der Waals surface area contributed by atoms with Gasteiger partial charge in [-0.25, -0.2) is 0 Å². The lowest BCUT2D eigenvalue weighted by Crippen LogP contribution is -2.40. The van der Waals surface area contributed by atoms with Gasteiger partial charge in [-0.3, -0.25) is 9.69 Å². The molecule has 1 saturated heterocycles. The van der Waals surface area contributed by atoms with E-state index in [2.05, 4.69) is 22.3 Å². The number of carbonyl (C=O) groups excluding carboxylic acids is 1. The Bertz CT molecular complexity index is 483.